The number of aliphatic hydroxyl groups is 1. The zero-order valence-corrected chi connectivity index (χ0v) is 10.1. The molecule has 2 amide bonds. The quantitative estimate of drug-likeness (QED) is 0.774. The minimum atomic E-state index is -0.659. The summed E-state index contributed by atoms with van der Waals surface area (Å²) in [4.78, 5) is 11.3. The molecule has 0 aliphatic heterocycles. The first-order chi connectivity index (χ1) is 8.08. The van der Waals surface area contributed by atoms with Crippen molar-refractivity contribution < 1.29 is 14.3 Å². The first kappa shape index (κ1) is 13.7. The summed E-state index contributed by atoms with van der Waals surface area (Å²) in [5.41, 5.74) is 0.459. The minimum absolute atomic E-state index is 0.00319. The lowest BCUT2D eigenvalue weighted by Gasteiger charge is -2.17. The Morgan fingerprint density at radius 1 is 1.59 bits per heavy atom. The van der Waals surface area contributed by atoms with Gasteiger partial charge >= 0.3 is 6.03 Å². The van der Waals surface area contributed by atoms with Gasteiger partial charge in [-0.05, 0) is 24.6 Å². The molecule has 0 heterocycles. The van der Waals surface area contributed by atoms with Crippen LogP contribution in [0.2, 0.25) is 5.02 Å². The van der Waals surface area contributed by atoms with Gasteiger partial charge in [0.15, 0.2) is 0 Å². The number of benzene rings is 1. The number of rotatable bonds is 4. The van der Waals surface area contributed by atoms with E-state index >= 15 is 0 Å². The summed E-state index contributed by atoms with van der Waals surface area (Å²) in [6.45, 7) is 1.92. The van der Waals surface area contributed by atoms with Crippen LogP contribution in [0.3, 0.4) is 0 Å². The Labute approximate surface area is 104 Å². The highest BCUT2D eigenvalue weighted by atomic mass is 35.5. The van der Waals surface area contributed by atoms with E-state index in [-0.39, 0.29) is 11.6 Å². The van der Waals surface area contributed by atoms with E-state index in [2.05, 4.69) is 10.6 Å². The van der Waals surface area contributed by atoms with Crippen molar-refractivity contribution in [3.63, 3.8) is 0 Å². The van der Waals surface area contributed by atoms with Gasteiger partial charge in [-0.3, -0.25) is 0 Å². The number of carbonyl (C=O) groups is 1. The molecule has 1 unspecified atom stereocenters. The smallest absolute Gasteiger partial charge is 0.315 e. The number of hydrogen-bond acceptors (Lipinski definition) is 2. The number of urea groups is 1. The Morgan fingerprint density at radius 3 is 2.82 bits per heavy atom. The van der Waals surface area contributed by atoms with E-state index in [9.17, 15) is 9.18 Å². The van der Waals surface area contributed by atoms with E-state index in [1.54, 1.807) is 13.0 Å². The third kappa shape index (κ3) is 3.87. The number of aliphatic hydroxyl groups excluding tert-OH is 1. The van der Waals surface area contributed by atoms with Gasteiger partial charge in [0.05, 0.1) is 17.7 Å². The molecular weight excluding hydrogens is 247 g/mol. The van der Waals surface area contributed by atoms with Crippen LogP contribution in [0.25, 0.3) is 0 Å². The Bertz CT molecular complexity index is 401. The molecule has 0 bridgehead atoms. The van der Waals surface area contributed by atoms with Crippen LogP contribution in [-0.2, 0) is 0 Å². The van der Waals surface area contributed by atoms with Crippen molar-refractivity contribution in [2.75, 3.05) is 13.2 Å². The normalized spacial score (nSPS) is 12.0. The van der Waals surface area contributed by atoms with Crippen LogP contribution in [0, 0.1) is 5.82 Å². The summed E-state index contributed by atoms with van der Waals surface area (Å²) >= 11 is 5.55. The lowest BCUT2D eigenvalue weighted by atomic mass is 10.1. The average Bonchev–Trinajstić information content (AvgIpc) is 2.30. The van der Waals surface area contributed by atoms with Gasteiger partial charge in [0.2, 0.25) is 0 Å². The molecule has 0 aliphatic rings. The summed E-state index contributed by atoms with van der Waals surface area (Å²) < 4.78 is 13.2. The highest BCUT2D eigenvalue weighted by Crippen LogP contribution is 2.20. The van der Waals surface area contributed by atoms with Crippen LogP contribution in [0.5, 0.6) is 0 Å². The fourth-order valence-corrected chi connectivity index (χ4v) is 1.45. The number of hydrogen-bond donors (Lipinski definition) is 3. The van der Waals surface area contributed by atoms with Gasteiger partial charge in [0, 0.05) is 6.54 Å². The monoisotopic (exact) mass is 260 g/mol. The zero-order chi connectivity index (χ0) is 12.8. The van der Waals surface area contributed by atoms with E-state index < -0.39 is 17.9 Å². The SMILES string of the molecule is CCNC(=O)NC(CO)c1ccc(Cl)c(F)c1. The largest absolute Gasteiger partial charge is 0.394 e. The molecule has 0 aliphatic carbocycles. The Kier molecular flexibility index (Phi) is 5.18. The second-order valence-corrected chi connectivity index (χ2v) is 3.82. The molecule has 1 aromatic rings. The molecule has 0 spiro atoms. The topological polar surface area (TPSA) is 61.4 Å². The predicted octanol–water partition coefficient (Wildman–Crippen LogP) is 1.83. The van der Waals surface area contributed by atoms with E-state index in [4.69, 9.17) is 16.7 Å². The Hall–Kier alpha value is -1.33. The molecule has 94 valence electrons. The van der Waals surface area contributed by atoms with Crippen LogP contribution in [-0.4, -0.2) is 24.3 Å². The predicted molar refractivity (Wildman–Crippen MR) is 63.4 cm³/mol. The van der Waals surface area contributed by atoms with Crippen molar-refractivity contribution in [2.24, 2.45) is 0 Å². The van der Waals surface area contributed by atoms with Gasteiger partial charge in [-0.2, -0.15) is 0 Å². The molecule has 6 heteroatoms. The molecule has 4 nitrogen and oxygen atoms in total. The molecule has 3 N–H and O–H groups in total. The Morgan fingerprint density at radius 2 is 2.29 bits per heavy atom. The Balaban J connectivity index is 2.79. The molecule has 17 heavy (non-hydrogen) atoms. The lowest BCUT2D eigenvalue weighted by Crippen LogP contribution is -2.39. The maximum absolute atomic E-state index is 13.2. The molecule has 0 saturated heterocycles. The molecule has 1 atom stereocenters. The van der Waals surface area contributed by atoms with Crippen molar-refractivity contribution in [2.45, 2.75) is 13.0 Å². The molecule has 0 saturated carbocycles. The van der Waals surface area contributed by atoms with Crippen molar-refractivity contribution in [1.29, 1.82) is 0 Å². The maximum atomic E-state index is 13.2. The number of amides is 2. The summed E-state index contributed by atoms with van der Waals surface area (Å²) in [5.74, 6) is -0.583. The minimum Gasteiger partial charge on any atom is -0.394 e. The van der Waals surface area contributed by atoms with Gasteiger partial charge in [-0.25, -0.2) is 9.18 Å². The number of halogens is 2. The van der Waals surface area contributed by atoms with E-state index in [1.807, 2.05) is 0 Å². The fraction of sp³-hybridized carbons (Fsp3) is 0.364. The zero-order valence-electron chi connectivity index (χ0n) is 9.34. The molecule has 0 aromatic heterocycles. The third-order valence-electron chi connectivity index (χ3n) is 2.17. The van der Waals surface area contributed by atoms with Crippen LogP contribution >= 0.6 is 11.6 Å². The van der Waals surface area contributed by atoms with Crippen LogP contribution in [0.4, 0.5) is 9.18 Å². The van der Waals surface area contributed by atoms with E-state index in [0.717, 1.165) is 0 Å². The van der Waals surface area contributed by atoms with Crippen molar-refractivity contribution in [1.82, 2.24) is 10.6 Å². The van der Waals surface area contributed by atoms with Gasteiger partial charge in [0.25, 0.3) is 0 Å². The lowest BCUT2D eigenvalue weighted by molar-refractivity contribution is 0.217. The van der Waals surface area contributed by atoms with Crippen LogP contribution < -0.4 is 10.6 Å². The van der Waals surface area contributed by atoms with Crippen LogP contribution in [0.1, 0.15) is 18.5 Å². The van der Waals surface area contributed by atoms with Gasteiger partial charge < -0.3 is 15.7 Å². The second kappa shape index (κ2) is 6.42. The van der Waals surface area contributed by atoms with E-state index in [1.165, 1.54) is 12.1 Å². The van der Waals surface area contributed by atoms with Crippen molar-refractivity contribution in [3.05, 3.63) is 34.6 Å². The van der Waals surface area contributed by atoms with Gasteiger partial charge in [0.1, 0.15) is 5.82 Å². The second-order valence-electron chi connectivity index (χ2n) is 3.41. The summed E-state index contributed by atoms with van der Waals surface area (Å²) in [6.07, 6.45) is 0. The molecular formula is C11H14ClFN2O2. The fourth-order valence-electron chi connectivity index (χ4n) is 1.33. The molecule has 1 rings (SSSR count). The highest BCUT2D eigenvalue weighted by Gasteiger charge is 2.14. The number of nitrogens with one attached hydrogen (secondary N) is 2. The van der Waals surface area contributed by atoms with Crippen molar-refractivity contribution in [3.8, 4) is 0 Å². The third-order valence-corrected chi connectivity index (χ3v) is 2.48. The van der Waals surface area contributed by atoms with Gasteiger partial charge in [-0.1, -0.05) is 17.7 Å². The first-order valence-corrected chi connectivity index (χ1v) is 5.56. The molecule has 0 fully saturated rings. The summed E-state index contributed by atoms with van der Waals surface area (Å²) in [6, 6.07) is 3.05. The summed E-state index contributed by atoms with van der Waals surface area (Å²) in [7, 11) is 0. The van der Waals surface area contributed by atoms with E-state index in [0.29, 0.717) is 12.1 Å². The molecule has 0 radical (unpaired) electrons. The van der Waals surface area contributed by atoms with Crippen LogP contribution in [0.15, 0.2) is 18.2 Å². The standard InChI is InChI=1S/C11H14ClFN2O2/c1-2-14-11(17)15-10(6-16)7-3-4-8(12)9(13)5-7/h3-5,10,16H,2,6H2,1H3,(H2,14,15,17). The maximum Gasteiger partial charge on any atom is 0.315 e. The molecule has 1 aromatic carbocycles. The summed E-state index contributed by atoms with van der Waals surface area (Å²) in [5, 5.41) is 14.2. The number of carbonyl (C=O) groups excluding carboxylic acids is 1. The van der Waals surface area contributed by atoms with Gasteiger partial charge in [-0.15, -0.1) is 0 Å². The van der Waals surface area contributed by atoms with Crippen molar-refractivity contribution >= 4 is 17.6 Å². The highest BCUT2D eigenvalue weighted by molar-refractivity contribution is 6.30. The first-order valence-electron chi connectivity index (χ1n) is 5.18. The average molecular weight is 261 g/mol.